The van der Waals surface area contributed by atoms with Crippen LogP contribution in [0.15, 0.2) is 54.1 Å². The highest BCUT2D eigenvalue weighted by molar-refractivity contribution is 7.89. The third kappa shape index (κ3) is 3.88. The summed E-state index contributed by atoms with van der Waals surface area (Å²) in [6.07, 6.45) is 4.94. The van der Waals surface area contributed by atoms with Crippen LogP contribution >= 0.6 is 11.3 Å². The molecule has 0 spiro atoms. The molecule has 148 valence electrons. The molecule has 1 aliphatic rings. The SMILES string of the molecule is Cc1ncc(CNC2CN(S(=O)(=O)c3cn(C)cn3)CC2c2ccccc2)s1. The van der Waals surface area contributed by atoms with Gasteiger partial charge < -0.3 is 9.88 Å². The van der Waals surface area contributed by atoms with Crippen molar-refractivity contribution in [3.05, 3.63) is 64.5 Å². The van der Waals surface area contributed by atoms with Gasteiger partial charge in [-0.25, -0.2) is 18.4 Å². The number of sulfonamides is 1. The monoisotopic (exact) mass is 417 g/mol. The first-order valence-corrected chi connectivity index (χ1v) is 11.4. The molecule has 0 radical (unpaired) electrons. The second-order valence-corrected chi connectivity index (χ2v) is 10.3. The minimum atomic E-state index is -3.62. The van der Waals surface area contributed by atoms with E-state index in [0.717, 1.165) is 15.4 Å². The lowest BCUT2D eigenvalue weighted by Gasteiger charge is -2.19. The van der Waals surface area contributed by atoms with Gasteiger partial charge in [0.15, 0.2) is 5.03 Å². The lowest BCUT2D eigenvalue weighted by molar-refractivity contribution is 0.454. The van der Waals surface area contributed by atoms with Gasteiger partial charge in [-0.1, -0.05) is 30.3 Å². The van der Waals surface area contributed by atoms with Crippen molar-refractivity contribution in [1.82, 2.24) is 24.2 Å². The highest BCUT2D eigenvalue weighted by Gasteiger charge is 2.40. The number of nitrogens with one attached hydrogen (secondary N) is 1. The molecule has 1 aromatic carbocycles. The summed E-state index contributed by atoms with van der Waals surface area (Å²) in [5.41, 5.74) is 1.14. The second-order valence-electron chi connectivity index (χ2n) is 7.05. The summed E-state index contributed by atoms with van der Waals surface area (Å²) >= 11 is 1.66. The Balaban J connectivity index is 1.57. The maximum atomic E-state index is 13.1. The molecular formula is C19H23N5O2S2. The standard InChI is InChI=1S/C19H23N5O2S2/c1-14-20-8-16(27-14)9-21-18-11-24(10-17(18)15-6-4-3-5-7-15)28(25,26)19-12-23(2)13-22-19/h3-8,12-13,17-18,21H,9-11H2,1-2H3. The van der Waals surface area contributed by atoms with Gasteiger partial charge in [0.1, 0.15) is 0 Å². The zero-order valence-electron chi connectivity index (χ0n) is 15.8. The number of hydrogen-bond acceptors (Lipinski definition) is 6. The molecule has 1 fully saturated rings. The van der Waals surface area contributed by atoms with Gasteiger partial charge >= 0.3 is 0 Å². The maximum absolute atomic E-state index is 13.1. The molecule has 2 aromatic heterocycles. The Bertz CT molecular complexity index is 1050. The van der Waals surface area contributed by atoms with E-state index >= 15 is 0 Å². The quantitative estimate of drug-likeness (QED) is 0.665. The highest BCUT2D eigenvalue weighted by Crippen LogP contribution is 2.31. The van der Waals surface area contributed by atoms with Crippen LogP contribution in [0.4, 0.5) is 0 Å². The zero-order valence-corrected chi connectivity index (χ0v) is 17.4. The summed E-state index contributed by atoms with van der Waals surface area (Å²) in [6.45, 7) is 3.51. The molecule has 0 bridgehead atoms. The minimum Gasteiger partial charge on any atom is -0.339 e. The molecule has 2 atom stereocenters. The number of rotatable bonds is 6. The number of aryl methyl sites for hydroxylation is 2. The van der Waals surface area contributed by atoms with Crippen LogP contribution in [-0.4, -0.2) is 46.4 Å². The van der Waals surface area contributed by atoms with E-state index in [1.165, 1.54) is 6.33 Å². The molecule has 0 amide bonds. The Morgan fingerprint density at radius 2 is 2.00 bits per heavy atom. The minimum absolute atomic E-state index is 0.0169. The third-order valence-corrected chi connectivity index (χ3v) is 7.64. The molecule has 2 unspecified atom stereocenters. The van der Waals surface area contributed by atoms with Gasteiger partial charge in [-0.15, -0.1) is 11.3 Å². The van der Waals surface area contributed by atoms with E-state index in [1.807, 2.05) is 31.3 Å². The molecule has 1 saturated heterocycles. The largest absolute Gasteiger partial charge is 0.339 e. The Morgan fingerprint density at radius 1 is 1.21 bits per heavy atom. The third-order valence-electron chi connectivity index (χ3n) is 5.01. The number of aromatic nitrogens is 3. The first-order chi connectivity index (χ1) is 13.4. The Morgan fingerprint density at radius 3 is 2.64 bits per heavy atom. The van der Waals surface area contributed by atoms with Crippen LogP contribution in [-0.2, 0) is 23.6 Å². The van der Waals surface area contributed by atoms with Crippen LogP contribution in [0.2, 0.25) is 0 Å². The summed E-state index contributed by atoms with van der Waals surface area (Å²) in [6, 6.07) is 10.1. The molecule has 3 aromatic rings. The van der Waals surface area contributed by atoms with Crippen LogP contribution < -0.4 is 5.32 Å². The highest BCUT2D eigenvalue weighted by atomic mass is 32.2. The van der Waals surface area contributed by atoms with Gasteiger partial charge in [0.25, 0.3) is 10.0 Å². The summed E-state index contributed by atoms with van der Waals surface area (Å²) < 4.78 is 29.3. The summed E-state index contributed by atoms with van der Waals surface area (Å²) in [5, 5.41) is 4.68. The van der Waals surface area contributed by atoms with Crippen molar-refractivity contribution in [2.24, 2.45) is 7.05 Å². The molecule has 3 heterocycles. The fourth-order valence-corrected chi connectivity index (χ4v) is 5.79. The first kappa shape index (κ1) is 19.3. The number of hydrogen-bond donors (Lipinski definition) is 1. The fraction of sp³-hybridized carbons (Fsp3) is 0.368. The fourth-order valence-electron chi connectivity index (χ4n) is 3.58. The lowest BCUT2D eigenvalue weighted by Crippen LogP contribution is -2.36. The number of imidazole rings is 1. The van der Waals surface area contributed by atoms with E-state index in [0.29, 0.717) is 19.6 Å². The van der Waals surface area contributed by atoms with Gasteiger partial charge in [-0.05, 0) is 12.5 Å². The van der Waals surface area contributed by atoms with Gasteiger partial charge in [0.05, 0.1) is 11.3 Å². The van der Waals surface area contributed by atoms with Gasteiger partial charge in [-0.3, -0.25) is 0 Å². The van der Waals surface area contributed by atoms with E-state index in [4.69, 9.17) is 0 Å². The van der Waals surface area contributed by atoms with Crippen LogP contribution in [0.5, 0.6) is 0 Å². The van der Waals surface area contributed by atoms with Crippen molar-refractivity contribution in [3.8, 4) is 0 Å². The van der Waals surface area contributed by atoms with E-state index in [9.17, 15) is 8.42 Å². The number of nitrogens with zero attached hydrogens (tertiary/aromatic N) is 4. The van der Waals surface area contributed by atoms with Crippen LogP contribution in [0, 0.1) is 6.92 Å². The molecule has 4 rings (SSSR count). The maximum Gasteiger partial charge on any atom is 0.262 e. The molecule has 7 nitrogen and oxygen atoms in total. The Labute approximate surface area is 169 Å². The van der Waals surface area contributed by atoms with E-state index in [2.05, 4.69) is 27.4 Å². The van der Waals surface area contributed by atoms with Gasteiger partial charge in [0.2, 0.25) is 0 Å². The van der Waals surface area contributed by atoms with Crippen molar-refractivity contribution in [2.75, 3.05) is 13.1 Å². The average Bonchev–Trinajstić information content (AvgIpc) is 3.40. The number of benzene rings is 1. The smallest absolute Gasteiger partial charge is 0.262 e. The van der Waals surface area contributed by atoms with E-state index < -0.39 is 10.0 Å². The van der Waals surface area contributed by atoms with Gasteiger partial charge in [-0.2, -0.15) is 4.31 Å². The zero-order chi connectivity index (χ0) is 19.7. The molecule has 0 aliphatic carbocycles. The van der Waals surface area contributed by atoms with Crippen LogP contribution in [0.3, 0.4) is 0 Å². The topological polar surface area (TPSA) is 80.1 Å². The Kier molecular flexibility index (Phi) is 5.33. The van der Waals surface area contributed by atoms with Crippen molar-refractivity contribution in [1.29, 1.82) is 0 Å². The van der Waals surface area contributed by atoms with E-state index in [-0.39, 0.29) is 17.0 Å². The predicted molar refractivity (Wildman–Crippen MR) is 109 cm³/mol. The molecule has 1 aliphatic heterocycles. The van der Waals surface area contributed by atoms with Crippen molar-refractivity contribution >= 4 is 21.4 Å². The summed E-state index contributed by atoms with van der Waals surface area (Å²) in [7, 11) is -1.85. The van der Waals surface area contributed by atoms with Crippen LogP contribution in [0.25, 0.3) is 0 Å². The van der Waals surface area contributed by atoms with Gasteiger partial charge in [0, 0.05) is 55.9 Å². The van der Waals surface area contributed by atoms with Crippen molar-refractivity contribution in [3.63, 3.8) is 0 Å². The Hall–Kier alpha value is -2.07. The van der Waals surface area contributed by atoms with Crippen molar-refractivity contribution < 1.29 is 8.42 Å². The normalized spacial score (nSPS) is 20.6. The second kappa shape index (κ2) is 7.75. The first-order valence-electron chi connectivity index (χ1n) is 9.11. The summed E-state index contributed by atoms with van der Waals surface area (Å²) in [4.78, 5) is 9.50. The number of thiazole rings is 1. The summed E-state index contributed by atoms with van der Waals surface area (Å²) in [5.74, 6) is 0.0775. The molecule has 0 saturated carbocycles. The van der Waals surface area contributed by atoms with Crippen LogP contribution in [0.1, 0.15) is 21.4 Å². The molecular weight excluding hydrogens is 394 g/mol. The molecule has 9 heteroatoms. The molecule has 1 N–H and O–H groups in total. The molecule has 28 heavy (non-hydrogen) atoms. The van der Waals surface area contributed by atoms with Crippen molar-refractivity contribution in [2.45, 2.75) is 30.5 Å². The lowest BCUT2D eigenvalue weighted by atomic mass is 9.94. The average molecular weight is 418 g/mol. The van der Waals surface area contributed by atoms with E-state index in [1.54, 1.807) is 33.5 Å². The predicted octanol–water partition coefficient (Wildman–Crippen LogP) is 2.13.